The van der Waals surface area contributed by atoms with Crippen molar-refractivity contribution in [1.82, 2.24) is 0 Å². The van der Waals surface area contributed by atoms with Gasteiger partial charge in [0.15, 0.2) is 5.60 Å². The van der Waals surface area contributed by atoms with Gasteiger partial charge in [-0.1, -0.05) is 54.6 Å². The molecule has 3 N–H and O–H groups in total. The van der Waals surface area contributed by atoms with E-state index >= 15 is 0 Å². The number of rotatable bonds is 2. The molecule has 0 spiro atoms. The second-order valence-corrected chi connectivity index (χ2v) is 5.06. The number of fused-ring (bicyclic) bond motifs is 1. The largest absolute Gasteiger partial charge is 0.508 e. The Bertz CT molecular complexity index is 721. The van der Waals surface area contributed by atoms with Crippen molar-refractivity contribution < 1.29 is 20.1 Å². The third-order valence-corrected chi connectivity index (χ3v) is 3.87. The van der Waals surface area contributed by atoms with E-state index in [2.05, 4.69) is 0 Å². The van der Waals surface area contributed by atoms with Crippen LogP contribution < -0.4 is 0 Å². The van der Waals surface area contributed by atoms with E-state index in [0.29, 0.717) is 11.1 Å². The monoisotopic (exact) mass is 282 g/mol. The lowest BCUT2D eigenvalue weighted by Crippen LogP contribution is -2.43. The maximum atomic E-state index is 11.8. The Balaban J connectivity index is 2.27. The normalized spacial score (nSPS) is 24.0. The van der Waals surface area contributed by atoms with Gasteiger partial charge in [0.05, 0.1) is 0 Å². The van der Waals surface area contributed by atoms with Crippen LogP contribution in [0.4, 0.5) is 0 Å². The minimum atomic E-state index is -2.11. The van der Waals surface area contributed by atoms with E-state index in [9.17, 15) is 20.1 Å². The van der Waals surface area contributed by atoms with Crippen LogP contribution in [0.3, 0.4) is 0 Å². The van der Waals surface area contributed by atoms with Crippen molar-refractivity contribution >= 4 is 11.7 Å². The standard InChI is InChI=1S/C17H14O4/c18-15-10-14(11-6-2-1-3-7-11)17(21,16(19)20)13-9-5-4-8-12(13)15/h1-10,14,18,21H,(H,19,20)/t14-,17-/m0/s1. The zero-order chi connectivity index (χ0) is 15.0. The lowest BCUT2D eigenvalue weighted by atomic mass is 9.72. The summed E-state index contributed by atoms with van der Waals surface area (Å²) in [7, 11) is 0. The third-order valence-electron chi connectivity index (χ3n) is 3.87. The van der Waals surface area contributed by atoms with E-state index in [1.54, 1.807) is 42.5 Å². The summed E-state index contributed by atoms with van der Waals surface area (Å²) in [5.41, 5.74) is -0.936. The van der Waals surface area contributed by atoms with Crippen molar-refractivity contribution in [2.24, 2.45) is 0 Å². The summed E-state index contributed by atoms with van der Waals surface area (Å²) in [6.07, 6.45) is 1.39. The van der Waals surface area contributed by atoms with Gasteiger partial charge in [-0.15, -0.1) is 0 Å². The van der Waals surface area contributed by atoms with Crippen LogP contribution in [0.5, 0.6) is 0 Å². The molecule has 0 aromatic heterocycles. The maximum absolute atomic E-state index is 11.8. The highest BCUT2D eigenvalue weighted by molar-refractivity contribution is 5.86. The predicted octanol–water partition coefficient (Wildman–Crippen LogP) is 2.66. The molecule has 4 heteroatoms. The first-order valence-electron chi connectivity index (χ1n) is 6.56. The summed E-state index contributed by atoms with van der Waals surface area (Å²) in [5, 5.41) is 30.6. The van der Waals surface area contributed by atoms with Gasteiger partial charge in [0, 0.05) is 17.0 Å². The van der Waals surface area contributed by atoms with Crippen LogP contribution >= 0.6 is 0 Å². The molecule has 21 heavy (non-hydrogen) atoms. The molecule has 0 saturated carbocycles. The van der Waals surface area contributed by atoms with Gasteiger partial charge in [0.25, 0.3) is 0 Å². The number of benzene rings is 2. The number of aliphatic hydroxyl groups is 2. The molecule has 2 aromatic carbocycles. The Morgan fingerprint density at radius 2 is 1.62 bits per heavy atom. The van der Waals surface area contributed by atoms with Gasteiger partial charge in [0.2, 0.25) is 0 Å². The molecule has 0 heterocycles. The van der Waals surface area contributed by atoms with Crippen LogP contribution in [-0.4, -0.2) is 21.3 Å². The predicted molar refractivity (Wildman–Crippen MR) is 77.8 cm³/mol. The minimum Gasteiger partial charge on any atom is -0.508 e. The molecule has 3 rings (SSSR count). The number of aliphatic carboxylic acids is 1. The lowest BCUT2D eigenvalue weighted by Gasteiger charge is -2.36. The van der Waals surface area contributed by atoms with Gasteiger partial charge in [0.1, 0.15) is 5.76 Å². The molecule has 4 nitrogen and oxygen atoms in total. The van der Waals surface area contributed by atoms with E-state index < -0.39 is 17.5 Å². The zero-order valence-corrected chi connectivity index (χ0v) is 11.1. The summed E-state index contributed by atoms with van der Waals surface area (Å²) in [5.74, 6) is -2.22. The second-order valence-electron chi connectivity index (χ2n) is 5.06. The molecule has 0 unspecified atom stereocenters. The number of carbonyl (C=O) groups is 1. The first-order valence-corrected chi connectivity index (χ1v) is 6.56. The summed E-state index contributed by atoms with van der Waals surface area (Å²) in [6, 6.07) is 15.3. The fraction of sp³-hybridized carbons (Fsp3) is 0.118. The van der Waals surface area contributed by atoms with Crippen molar-refractivity contribution in [2.45, 2.75) is 11.5 Å². The smallest absolute Gasteiger partial charge is 0.341 e. The zero-order valence-electron chi connectivity index (χ0n) is 11.1. The Morgan fingerprint density at radius 3 is 2.29 bits per heavy atom. The molecule has 0 aliphatic heterocycles. The van der Waals surface area contributed by atoms with Gasteiger partial charge in [-0.05, 0) is 11.6 Å². The molecule has 106 valence electrons. The second kappa shape index (κ2) is 4.75. The van der Waals surface area contributed by atoms with Gasteiger partial charge in [-0.3, -0.25) is 0 Å². The fourth-order valence-corrected chi connectivity index (χ4v) is 2.82. The van der Waals surface area contributed by atoms with Crippen molar-refractivity contribution in [1.29, 1.82) is 0 Å². The van der Waals surface area contributed by atoms with Crippen molar-refractivity contribution in [3.63, 3.8) is 0 Å². The number of hydrogen-bond donors (Lipinski definition) is 3. The molecule has 0 bridgehead atoms. The average Bonchev–Trinajstić information content (AvgIpc) is 2.51. The van der Waals surface area contributed by atoms with Crippen LogP contribution in [0.25, 0.3) is 5.76 Å². The van der Waals surface area contributed by atoms with Crippen molar-refractivity contribution in [2.75, 3.05) is 0 Å². The Hall–Kier alpha value is -2.59. The molecular formula is C17H14O4. The van der Waals surface area contributed by atoms with Crippen molar-refractivity contribution in [3.8, 4) is 0 Å². The molecule has 0 fully saturated rings. The molecule has 0 amide bonds. The first kappa shape index (κ1) is 13.4. The first-order chi connectivity index (χ1) is 10.0. The van der Waals surface area contributed by atoms with Gasteiger partial charge < -0.3 is 15.3 Å². The van der Waals surface area contributed by atoms with Crippen LogP contribution in [0, 0.1) is 0 Å². The Morgan fingerprint density at radius 1 is 1.00 bits per heavy atom. The summed E-state index contributed by atoms with van der Waals surface area (Å²) in [4.78, 5) is 11.8. The molecule has 2 aromatic rings. The number of hydrogen-bond acceptors (Lipinski definition) is 3. The van der Waals surface area contributed by atoms with Gasteiger partial charge in [-0.2, -0.15) is 0 Å². The van der Waals surface area contributed by atoms with Gasteiger partial charge >= 0.3 is 5.97 Å². The molecular weight excluding hydrogens is 268 g/mol. The van der Waals surface area contributed by atoms with Crippen LogP contribution in [-0.2, 0) is 10.4 Å². The topological polar surface area (TPSA) is 77.8 Å². The quantitative estimate of drug-likeness (QED) is 0.791. The van der Waals surface area contributed by atoms with Crippen LogP contribution in [0.1, 0.15) is 22.6 Å². The van der Waals surface area contributed by atoms with Gasteiger partial charge in [-0.25, -0.2) is 4.79 Å². The molecule has 0 radical (unpaired) electrons. The van der Waals surface area contributed by atoms with E-state index in [-0.39, 0.29) is 11.3 Å². The van der Waals surface area contributed by atoms with E-state index in [1.807, 2.05) is 6.07 Å². The van der Waals surface area contributed by atoms with Crippen LogP contribution in [0.2, 0.25) is 0 Å². The minimum absolute atomic E-state index is 0.0228. The number of carboxylic acids is 1. The number of aliphatic hydroxyl groups excluding tert-OH is 1. The molecule has 1 aliphatic rings. The summed E-state index contributed by atoms with van der Waals surface area (Å²) in [6.45, 7) is 0. The molecule has 2 atom stereocenters. The summed E-state index contributed by atoms with van der Waals surface area (Å²) < 4.78 is 0. The highest BCUT2D eigenvalue weighted by atomic mass is 16.4. The van der Waals surface area contributed by atoms with Crippen molar-refractivity contribution in [3.05, 3.63) is 77.4 Å². The van der Waals surface area contributed by atoms with E-state index in [0.717, 1.165) is 0 Å². The summed E-state index contributed by atoms with van der Waals surface area (Å²) >= 11 is 0. The number of carboxylic acid groups (broad SMARTS) is 1. The van der Waals surface area contributed by atoms with E-state index in [4.69, 9.17) is 0 Å². The molecule has 1 aliphatic carbocycles. The third kappa shape index (κ3) is 1.92. The fourth-order valence-electron chi connectivity index (χ4n) is 2.82. The lowest BCUT2D eigenvalue weighted by molar-refractivity contribution is -0.161. The van der Waals surface area contributed by atoms with Crippen LogP contribution in [0.15, 0.2) is 60.7 Å². The van der Waals surface area contributed by atoms with E-state index in [1.165, 1.54) is 12.1 Å². The Labute approximate surface area is 121 Å². The Kier molecular flexibility index (Phi) is 3.03. The SMILES string of the molecule is O=C(O)[C@]1(O)c2ccccc2C(O)=C[C@H]1c1ccccc1. The highest BCUT2D eigenvalue weighted by Gasteiger charge is 2.49. The highest BCUT2D eigenvalue weighted by Crippen LogP contribution is 2.45. The average molecular weight is 282 g/mol. The maximum Gasteiger partial charge on any atom is 0.341 e. The molecule has 0 saturated heterocycles.